The summed E-state index contributed by atoms with van der Waals surface area (Å²) in [5.74, 6) is -0.0910. The zero-order valence-corrected chi connectivity index (χ0v) is 13.1. The van der Waals surface area contributed by atoms with Crippen molar-refractivity contribution < 1.29 is 4.79 Å². The first-order valence-corrected chi connectivity index (χ1v) is 7.04. The number of carbonyl (C=O) groups is 1. The summed E-state index contributed by atoms with van der Waals surface area (Å²) in [5, 5.41) is 3.69. The van der Waals surface area contributed by atoms with E-state index in [1.807, 2.05) is 37.3 Å². The summed E-state index contributed by atoms with van der Waals surface area (Å²) in [6, 6.07) is 9.37. The number of hydrogen-bond acceptors (Lipinski definition) is 3. The molecule has 4 nitrogen and oxygen atoms in total. The van der Waals surface area contributed by atoms with Gasteiger partial charge in [-0.05, 0) is 24.6 Å². The Morgan fingerprint density at radius 3 is 2.76 bits per heavy atom. The second-order valence-electron chi connectivity index (χ2n) is 4.87. The van der Waals surface area contributed by atoms with Crippen molar-refractivity contribution in [1.29, 1.82) is 0 Å². The SMILES string of the molecule is CNc1cc(C)ncc1C(=O)N(C)Cc1ccccc1Cl. The van der Waals surface area contributed by atoms with Gasteiger partial charge in [0, 0.05) is 37.6 Å². The van der Waals surface area contributed by atoms with Crippen LogP contribution in [0.5, 0.6) is 0 Å². The lowest BCUT2D eigenvalue weighted by Gasteiger charge is -2.19. The number of pyridine rings is 1. The number of rotatable bonds is 4. The third-order valence-electron chi connectivity index (χ3n) is 3.25. The van der Waals surface area contributed by atoms with E-state index in [1.165, 1.54) is 0 Å². The predicted octanol–water partition coefficient (Wildman–Crippen LogP) is 3.36. The average Bonchev–Trinajstić information content (AvgIpc) is 2.48. The monoisotopic (exact) mass is 303 g/mol. The van der Waals surface area contributed by atoms with Crippen LogP contribution in [0.2, 0.25) is 5.02 Å². The highest BCUT2D eigenvalue weighted by Gasteiger charge is 2.17. The van der Waals surface area contributed by atoms with Gasteiger partial charge < -0.3 is 10.2 Å². The third kappa shape index (κ3) is 3.52. The van der Waals surface area contributed by atoms with Gasteiger partial charge in [-0.15, -0.1) is 0 Å². The van der Waals surface area contributed by atoms with E-state index < -0.39 is 0 Å². The van der Waals surface area contributed by atoms with Gasteiger partial charge in [-0.25, -0.2) is 0 Å². The van der Waals surface area contributed by atoms with E-state index in [1.54, 1.807) is 25.2 Å². The Hall–Kier alpha value is -2.07. The van der Waals surface area contributed by atoms with Crippen molar-refractivity contribution >= 4 is 23.2 Å². The van der Waals surface area contributed by atoms with Crippen LogP contribution in [0.3, 0.4) is 0 Å². The van der Waals surface area contributed by atoms with Gasteiger partial charge in [-0.3, -0.25) is 9.78 Å². The van der Waals surface area contributed by atoms with Crippen LogP contribution in [0.15, 0.2) is 36.5 Å². The second-order valence-corrected chi connectivity index (χ2v) is 5.28. The van der Waals surface area contributed by atoms with Gasteiger partial charge in [-0.1, -0.05) is 29.8 Å². The van der Waals surface area contributed by atoms with Crippen molar-refractivity contribution in [2.75, 3.05) is 19.4 Å². The van der Waals surface area contributed by atoms with Crippen LogP contribution in [-0.2, 0) is 6.54 Å². The maximum Gasteiger partial charge on any atom is 0.257 e. The van der Waals surface area contributed by atoms with Crippen molar-refractivity contribution in [3.63, 3.8) is 0 Å². The first-order chi connectivity index (χ1) is 10.0. The minimum absolute atomic E-state index is 0.0910. The molecule has 0 radical (unpaired) electrons. The minimum Gasteiger partial charge on any atom is -0.387 e. The molecular weight excluding hydrogens is 286 g/mol. The number of benzene rings is 1. The number of aromatic nitrogens is 1. The molecule has 0 spiro atoms. The summed E-state index contributed by atoms with van der Waals surface area (Å²) >= 11 is 6.14. The predicted molar refractivity (Wildman–Crippen MR) is 85.8 cm³/mol. The molecule has 2 rings (SSSR count). The van der Waals surface area contributed by atoms with Gasteiger partial charge in [0.15, 0.2) is 0 Å². The van der Waals surface area contributed by atoms with Gasteiger partial charge in [-0.2, -0.15) is 0 Å². The van der Waals surface area contributed by atoms with E-state index in [-0.39, 0.29) is 5.91 Å². The number of anilines is 1. The number of nitrogens with one attached hydrogen (secondary N) is 1. The standard InChI is InChI=1S/C16H18ClN3O/c1-11-8-15(18-2)13(9-19-11)16(21)20(3)10-12-6-4-5-7-14(12)17/h4-9H,10H2,1-3H3,(H,18,19). The van der Waals surface area contributed by atoms with Crippen LogP contribution < -0.4 is 5.32 Å². The smallest absolute Gasteiger partial charge is 0.257 e. The van der Waals surface area contributed by atoms with Gasteiger partial charge in [0.1, 0.15) is 0 Å². The molecule has 21 heavy (non-hydrogen) atoms. The van der Waals surface area contributed by atoms with E-state index in [0.717, 1.165) is 16.9 Å². The fourth-order valence-electron chi connectivity index (χ4n) is 2.10. The molecular formula is C16H18ClN3O. The molecule has 110 valence electrons. The number of hydrogen-bond donors (Lipinski definition) is 1. The topological polar surface area (TPSA) is 45.2 Å². The molecule has 1 aromatic heterocycles. The Labute approximate surface area is 129 Å². The highest BCUT2D eigenvalue weighted by molar-refractivity contribution is 6.31. The summed E-state index contributed by atoms with van der Waals surface area (Å²) < 4.78 is 0. The number of nitrogens with zero attached hydrogens (tertiary/aromatic N) is 2. The molecule has 0 aliphatic heterocycles. The van der Waals surface area contributed by atoms with Gasteiger partial charge >= 0.3 is 0 Å². The molecule has 0 saturated heterocycles. The molecule has 1 amide bonds. The van der Waals surface area contributed by atoms with E-state index in [2.05, 4.69) is 10.3 Å². The summed E-state index contributed by atoms with van der Waals surface area (Å²) in [4.78, 5) is 18.4. The van der Waals surface area contributed by atoms with Gasteiger partial charge in [0.2, 0.25) is 0 Å². The number of carbonyl (C=O) groups excluding carboxylic acids is 1. The second kappa shape index (κ2) is 6.59. The lowest BCUT2D eigenvalue weighted by atomic mass is 10.1. The molecule has 0 aliphatic carbocycles. The number of amides is 1. The zero-order chi connectivity index (χ0) is 15.4. The minimum atomic E-state index is -0.0910. The summed E-state index contributed by atoms with van der Waals surface area (Å²) in [6.07, 6.45) is 1.60. The first-order valence-electron chi connectivity index (χ1n) is 6.66. The van der Waals surface area contributed by atoms with Gasteiger partial charge in [0.25, 0.3) is 5.91 Å². The van der Waals surface area contributed by atoms with Crippen LogP contribution in [0.25, 0.3) is 0 Å². The summed E-state index contributed by atoms with van der Waals surface area (Å²) in [5.41, 5.74) is 3.11. The Kier molecular flexibility index (Phi) is 4.81. The van der Waals surface area contributed by atoms with Crippen molar-refractivity contribution in [2.24, 2.45) is 0 Å². The molecule has 1 N–H and O–H groups in total. The van der Waals surface area contributed by atoms with Crippen LogP contribution in [0, 0.1) is 6.92 Å². The molecule has 0 aliphatic rings. The maximum atomic E-state index is 12.6. The Morgan fingerprint density at radius 2 is 2.10 bits per heavy atom. The maximum absolute atomic E-state index is 12.6. The van der Waals surface area contributed by atoms with Crippen LogP contribution in [0.1, 0.15) is 21.6 Å². The van der Waals surface area contributed by atoms with E-state index in [9.17, 15) is 4.79 Å². The third-order valence-corrected chi connectivity index (χ3v) is 3.62. The Morgan fingerprint density at radius 1 is 1.38 bits per heavy atom. The van der Waals surface area contributed by atoms with Crippen molar-refractivity contribution in [2.45, 2.75) is 13.5 Å². The molecule has 0 bridgehead atoms. The van der Waals surface area contributed by atoms with Gasteiger partial charge in [0.05, 0.1) is 11.3 Å². The van der Waals surface area contributed by atoms with Crippen molar-refractivity contribution in [3.8, 4) is 0 Å². The first kappa shape index (κ1) is 15.3. The lowest BCUT2D eigenvalue weighted by molar-refractivity contribution is 0.0785. The van der Waals surface area contributed by atoms with Crippen molar-refractivity contribution in [1.82, 2.24) is 9.88 Å². The van der Waals surface area contributed by atoms with E-state index >= 15 is 0 Å². The van der Waals surface area contributed by atoms with E-state index in [4.69, 9.17) is 11.6 Å². The van der Waals surface area contributed by atoms with E-state index in [0.29, 0.717) is 17.1 Å². The Bertz CT molecular complexity index is 658. The molecule has 0 fully saturated rings. The average molecular weight is 304 g/mol. The summed E-state index contributed by atoms with van der Waals surface area (Å²) in [7, 11) is 3.55. The fourth-order valence-corrected chi connectivity index (χ4v) is 2.29. The molecule has 1 aromatic carbocycles. The lowest BCUT2D eigenvalue weighted by Crippen LogP contribution is -2.27. The molecule has 1 heterocycles. The molecule has 5 heteroatoms. The molecule has 0 saturated carbocycles. The van der Waals surface area contributed by atoms with Crippen molar-refractivity contribution in [3.05, 3.63) is 58.4 Å². The summed E-state index contributed by atoms with van der Waals surface area (Å²) in [6.45, 7) is 2.35. The zero-order valence-electron chi connectivity index (χ0n) is 12.4. The molecule has 0 atom stereocenters. The van der Waals surface area contributed by atoms with Crippen LogP contribution in [0.4, 0.5) is 5.69 Å². The molecule has 0 unspecified atom stereocenters. The van der Waals surface area contributed by atoms with Crippen LogP contribution in [-0.4, -0.2) is 29.9 Å². The number of aryl methyl sites for hydroxylation is 1. The fraction of sp³-hybridized carbons (Fsp3) is 0.250. The highest BCUT2D eigenvalue weighted by atomic mass is 35.5. The quantitative estimate of drug-likeness (QED) is 0.942. The highest BCUT2D eigenvalue weighted by Crippen LogP contribution is 2.20. The number of halogens is 1. The molecule has 2 aromatic rings. The largest absolute Gasteiger partial charge is 0.387 e. The van der Waals surface area contributed by atoms with Crippen LogP contribution >= 0.6 is 11.6 Å². The Balaban J connectivity index is 2.22. The normalized spacial score (nSPS) is 10.3.